The topological polar surface area (TPSA) is 86.1 Å². The molecule has 178 valence electrons. The molecule has 0 spiro atoms. The van der Waals surface area contributed by atoms with Gasteiger partial charge in [-0.1, -0.05) is 49.3 Å². The number of thioether (sulfide) groups is 1. The summed E-state index contributed by atoms with van der Waals surface area (Å²) in [5.41, 5.74) is 2.42. The highest BCUT2D eigenvalue weighted by atomic mass is 35.5. The smallest absolute Gasteiger partial charge is 0.224 e. The van der Waals surface area contributed by atoms with Crippen molar-refractivity contribution in [1.29, 1.82) is 0 Å². The number of aromatic nitrogens is 3. The Morgan fingerprint density at radius 1 is 1.18 bits per heavy atom. The van der Waals surface area contributed by atoms with Crippen molar-refractivity contribution in [1.82, 2.24) is 14.8 Å². The number of carbonyl (C=O) groups excluding carboxylic acids is 2. The van der Waals surface area contributed by atoms with Crippen molar-refractivity contribution in [2.45, 2.75) is 57.3 Å². The van der Waals surface area contributed by atoms with E-state index >= 15 is 0 Å². The second kappa shape index (κ2) is 11.1. The van der Waals surface area contributed by atoms with Crippen molar-refractivity contribution < 1.29 is 14.3 Å². The summed E-state index contributed by atoms with van der Waals surface area (Å²) in [6.07, 6.45) is 2.90. The summed E-state index contributed by atoms with van der Waals surface area (Å²) in [7, 11) is 0. The van der Waals surface area contributed by atoms with Crippen LogP contribution >= 0.6 is 23.4 Å². The number of nitrogens with one attached hydrogen (secondary N) is 1. The van der Waals surface area contributed by atoms with E-state index < -0.39 is 0 Å². The Morgan fingerprint density at radius 3 is 2.74 bits per heavy atom. The fourth-order valence-electron chi connectivity index (χ4n) is 4.00. The number of benzene rings is 2. The van der Waals surface area contributed by atoms with Gasteiger partial charge in [-0.15, -0.1) is 10.2 Å². The average Bonchev–Trinajstić information content (AvgIpc) is 3.25. The molecule has 1 amide bonds. The van der Waals surface area contributed by atoms with Crippen LogP contribution in [0.15, 0.2) is 47.6 Å². The van der Waals surface area contributed by atoms with Crippen LogP contribution in [0.4, 0.5) is 5.69 Å². The molecule has 0 saturated heterocycles. The van der Waals surface area contributed by atoms with E-state index in [9.17, 15) is 9.59 Å². The van der Waals surface area contributed by atoms with Gasteiger partial charge in [0.25, 0.3) is 0 Å². The zero-order valence-corrected chi connectivity index (χ0v) is 20.8. The maximum atomic E-state index is 12.9. The molecule has 0 atom stereocenters. The lowest BCUT2D eigenvalue weighted by Gasteiger charge is -2.19. The molecule has 9 heteroatoms. The van der Waals surface area contributed by atoms with Crippen LogP contribution in [0.25, 0.3) is 0 Å². The predicted octanol–water partition coefficient (Wildman–Crippen LogP) is 5.73. The lowest BCUT2D eigenvalue weighted by atomic mass is 9.99. The number of hydrogen-bond donors (Lipinski definition) is 1. The summed E-state index contributed by atoms with van der Waals surface area (Å²) in [5.74, 6) is 1.56. The Kier molecular flexibility index (Phi) is 7.90. The molecule has 0 saturated carbocycles. The monoisotopic (exact) mass is 498 g/mol. The third kappa shape index (κ3) is 5.45. The number of rotatable bonds is 10. The third-order valence-electron chi connectivity index (χ3n) is 5.89. The van der Waals surface area contributed by atoms with E-state index in [0.717, 1.165) is 24.1 Å². The van der Waals surface area contributed by atoms with Gasteiger partial charge >= 0.3 is 0 Å². The van der Waals surface area contributed by atoms with Crippen molar-refractivity contribution in [3.05, 3.63) is 64.4 Å². The minimum atomic E-state index is 0.0113. The summed E-state index contributed by atoms with van der Waals surface area (Å²) in [4.78, 5) is 24.5. The molecule has 1 N–H and O–H groups in total. The van der Waals surface area contributed by atoms with Gasteiger partial charge < -0.3 is 14.6 Å². The predicted molar refractivity (Wildman–Crippen MR) is 134 cm³/mol. The lowest BCUT2D eigenvalue weighted by molar-refractivity contribution is -0.116. The van der Waals surface area contributed by atoms with Crippen molar-refractivity contribution in [2.75, 3.05) is 11.1 Å². The molecular weight excluding hydrogens is 472 g/mol. The molecule has 0 bridgehead atoms. The third-order valence-corrected chi connectivity index (χ3v) is 7.15. The fraction of sp³-hybridized carbons (Fsp3) is 0.360. The zero-order valence-electron chi connectivity index (χ0n) is 19.2. The Labute approximate surface area is 208 Å². The fourth-order valence-corrected chi connectivity index (χ4v) is 5.11. The van der Waals surface area contributed by atoms with Gasteiger partial charge in [-0.2, -0.15) is 0 Å². The van der Waals surface area contributed by atoms with Crippen LogP contribution in [0.2, 0.25) is 5.02 Å². The number of aryl methyl sites for hydroxylation is 1. The highest BCUT2D eigenvalue weighted by Crippen LogP contribution is 2.29. The normalized spacial score (nSPS) is 13.0. The molecular formula is C25H27ClN4O3S. The van der Waals surface area contributed by atoms with Gasteiger partial charge in [0, 0.05) is 23.7 Å². The number of nitrogens with zero attached hydrogens (tertiary/aromatic N) is 3. The quantitative estimate of drug-likeness (QED) is 0.283. The van der Waals surface area contributed by atoms with E-state index in [0.29, 0.717) is 40.2 Å². The van der Waals surface area contributed by atoms with E-state index in [1.807, 2.05) is 24.3 Å². The molecule has 1 aromatic heterocycles. The summed E-state index contributed by atoms with van der Waals surface area (Å²) in [6.45, 7) is 4.48. The number of fused-ring (bicyclic) bond motifs is 1. The number of Topliss-reactive ketones (excluding diaryl/α,β-unsaturated/α-hetero) is 1. The molecule has 0 aliphatic carbocycles. The largest absolute Gasteiger partial charge is 0.484 e. The van der Waals surface area contributed by atoms with Crippen LogP contribution in [0.5, 0.6) is 5.75 Å². The molecule has 1 aliphatic heterocycles. The molecule has 2 heterocycles. The molecule has 2 aromatic carbocycles. The van der Waals surface area contributed by atoms with E-state index in [1.165, 1.54) is 11.8 Å². The minimum Gasteiger partial charge on any atom is -0.484 e. The van der Waals surface area contributed by atoms with Crippen LogP contribution in [0.1, 0.15) is 60.9 Å². The number of hydrogen-bond acceptors (Lipinski definition) is 6. The maximum absolute atomic E-state index is 12.9. The van der Waals surface area contributed by atoms with E-state index in [-0.39, 0.29) is 30.1 Å². The van der Waals surface area contributed by atoms with Crippen LogP contribution in [0.3, 0.4) is 0 Å². The van der Waals surface area contributed by atoms with E-state index in [2.05, 4.69) is 33.9 Å². The standard InChI is InChI=1S/C25H27ClN4O3S/c1-3-18(4-2)30-23(14-33-22-8-6-5-7-19(22)26)28-29-25(30)34-15-21(31)17-9-11-20-16(13-17)10-12-24(32)27-20/h5-9,11,13,18H,3-4,10,12,14-15H2,1-2H3,(H,27,32). The maximum Gasteiger partial charge on any atom is 0.224 e. The highest BCUT2D eigenvalue weighted by molar-refractivity contribution is 7.99. The first-order valence-electron chi connectivity index (χ1n) is 11.4. The van der Waals surface area contributed by atoms with Gasteiger partial charge in [-0.3, -0.25) is 9.59 Å². The molecule has 0 unspecified atom stereocenters. The number of anilines is 1. The number of carbonyl (C=O) groups is 2. The van der Waals surface area contributed by atoms with E-state index in [1.54, 1.807) is 18.2 Å². The number of halogens is 1. The first kappa shape index (κ1) is 24.3. The molecule has 4 rings (SSSR count). The summed E-state index contributed by atoms with van der Waals surface area (Å²) >= 11 is 7.60. The minimum absolute atomic E-state index is 0.0113. The van der Waals surface area contributed by atoms with Gasteiger partial charge in [-0.25, -0.2) is 0 Å². The number of ketones is 1. The van der Waals surface area contributed by atoms with Gasteiger partial charge in [0.2, 0.25) is 5.91 Å². The highest BCUT2D eigenvalue weighted by Gasteiger charge is 2.22. The van der Waals surface area contributed by atoms with Crippen molar-refractivity contribution in [3.8, 4) is 5.75 Å². The Balaban J connectivity index is 1.48. The average molecular weight is 499 g/mol. The Hall–Kier alpha value is -2.84. The molecule has 3 aromatic rings. The molecule has 0 fully saturated rings. The molecule has 34 heavy (non-hydrogen) atoms. The second-order valence-corrected chi connectivity index (χ2v) is 9.44. The molecule has 1 aliphatic rings. The Bertz CT molecular complexity index is 1190. The summed E-state index contributed by atoms with van der Waals surface area (Å²) in [5, 5.41) is 12.8. The van der Waals surface area contributed by atoms with Gasteiger partial charge in [0.15, 0.2) is 16.8 Å². The van der Waals surface area contributed by atoms with Gasteiger partial charge in [0.05, 0.1) is 10.8 Å². The number of ether oxygens (including phenoxy) is 1. The molecule has 7 nitrogen and oxygen atoms in total. The van der Waals surface area contributed by atoms with Gasteiger partial charge in [-0.05, 0) is 55.2 Å². The lowest BCUT2D eigenvalue weighted by Crippen LogP contribution is -2.19. The number of para-hydroxylation sites is 1. The molecule has 0 radical (unpaired) electrons. The van der Waals surface area contributed by atoms with Crippen LogP contribution in [-0.4, -0.2) is 32.2 Å². The zero-order chi connectivity index (χ0) is 24.1. The van der Waals surface area contributed by atoms with E-state index in [4.69, 9.17) is 16.3 Å². The number of amides is 1. The van der Waals surface area contributed by atoms with Gasteiger partial charge in [0.1, 0.15) is 12.4 Å². The van der Waals surface area contributed by atoms with Crippen LogP contribution in [0, 0.1) is 0 Å². The first-order chi connectivity index (χ1) is 16.5. The Morgan fingerprint density at radius 2 is 1.97 bits per heavy atom. The SMILES string of the molecule is CCC(CC)n1c(COc2ccccc2Cl)nnc1SCC(=O)c1ccc2c(c1)CCC(=O)N2. The van der Waals surface area contributed by atoms with Crippen LogP contribution < -0.4 is 10.1 Å². The van der Waals surface area contributed by atoms with Crippen molar-refractivity contribution >= 4 is 40.7 Å². The van der Waals surface area contributed by atoms with Crippen molar-refractivity contribution in [2.24, 2.45) is 0 Å². The van der Waals surface area contributed by atoms with Crippen LogP contribution in [-0.2, 0) is 17.8 Å². The van der Waals surface area contributed by atoms with Crippen molar-refractivity contribution in [3.63, 3.8) is 0 Å². The second-order valence-electron chi connectivity index (χ2n) is 8.09. The first-order valence-corrected chi connectivity index (χ1v) is 12.8. The summed E-state index contributed by atoms with van der Waals surface area (Å²) in [6, 6.07) is 13.0. The summed E-state index contributed by atoms with van der Waals surface area (Å²) < 4.78 is 7.99.